The van der Waals surface area contributed by atoms with Gasteiger partial charge in [0.15, 0.2) is 5.78 Å². The zero-order valence-corrected chi connectivity index (χ0v) is 14.3. The lowest BCUT2D eigenvalue weighted by molar-refractivity contribution is 0.101. The van der Waals surface area contributed by atoms with Crippen molar-refractivity contribution in [2.45, 2.75) is 6.92 Å². The number of hydrogen-bond acceptors (Lipinski definition) is 4. The molecule has 1 aromatic heterocycles. The predicted octanol–water partition coefficient (Wildman–Crippen LogP) is 4.56. The fourth-order valence-electron chi connectivity index (χ4n) is 2.39. The zero-order valence-electron chi connectivity index (χ0n) is 14.3. The van der Waals surface area contributed by atoms with Crippen LogP contribution in [0.3, 0.4) is 0 Å². The Morgan fingerprint density at radius 3 is 2.19 bits per heavy atom. The highest BCUT2D eigenvalue weighted by Crippen LogP contribution is 2.21. The van der Waals surface area contributed by atoms with Crippen molar-refractivity contribution in [3.8, 4) is 0 Å². The molecule has 0 unspecified atom stereocenters. The molecule has 0 aliphatic heterocycles. The van der Waals surface area contributed by atoms with Crippen molar-refractivity contribution < 1.29 is 18.4 Å². The van der Waals surface area contributed by atoms with Crippen molar-refractivity contribution in [1.29, 1.82) is 0 Å². The normalized spacial score (nSPS) is 10.3. The van der Waals surface area contributed by atoms with E-state index in [1.54, 1.807) is 24.3 Å². The Bertz CT molecular complexity index is 984. The zero-order chi connectivity index (χ0) is 19.4. The molecule has 0 aliphatic carbocycles. The Balaban J connectivity index is 1.76. The lowest BCUT2D eigenvalue weighted by atomic mass is 10.1. The topological polar surface area (TPSA) is 71.1 Å². The fraction of sp³-hybridized carbons (Fsp3) is 0.0500. The van der Waals surface area contributed by atoms with Crippen molar-refractivity contribution in [2.24, 2.45) is 0 Å². The molecule has 0 saturated carbocycles. The summed E-state index contributed by atoms with van der Waals surface area (Å²) in [5, 5.41) is 5.26. The molecule has 0 saturated heterocycles. The third kappa shape index (κ3) is 4.33. The minimum Gasteiger partial charge on any atom is -0.354 e. The first-order chi connectivity index (χ1) is 12.9. The van der Waals surface area contributed by atoms with Gasteiger partial charge < -0.3 is 10.6 Å². The van der Waals surface area contributed by atoms with Gasteiger partial charge in [-0.1, -0.05) is 6.07 Å². The van der Waals surface area contributed by atoms with Crippen LogP contribution in [0.1, 0.15) is 27.6 Å². The molecule has 27 heavy (non-hydrogen) atoms. The summed E-state index contributed by atoms with van der Waals surface area (Å²) in [7, 11) is 0. The molecule has 7 heteroatoms. The minimum absolute atomic E-state index is 0.0396. The Kier molecular flexibility index (Phi) is 5.21. The van der Waals surface area contributed by atoms with Crippen LogP contribution in [-0.2, 0) is 0 Å². The van der Waals surface area contributed by atoms with Crippen LogP contribution in [0.2, 0.25) is 0 Å². The number of para-hydroxylation sites is 1. The fourth-order valence-corrected chi connectivity index (χ4v) is 2.39. The largest absolute Gasteiger partial charge is 0.354 e. The van der Waals surface area contributed by atoms with Crippen LogP contribution in [0.25, 0.3) is 0 Å². The lowest BCUT2D eigenvalue weighted by Gasteiger charge is -2.10. The van der Waals surface area contributed by atoms with Crippen LogP contribution in [0, 0.1) is 11.6 Å². The van der Waals surface area contributed by atoms with Crippen LogP contribution in [0.4, 0.5) is 25.8 Å². The first kappa shape index (κ1) is 18.2. The number of carbonyl (C=O) groups is 2. The molecule has 0 spiro atoms. The molecule has 2 aromatic carbocycles. The third-order valence-electron chi connectivity index (χ3n) is 3.78. The highest BCUT2D eigenvalue weighted by atomic mass is 19.1. The number of carbonyl (C=O) groups excluding carboxylic acids is 2. The highest BCUT2D eigenvalue weighted by Gasteiger charge is 2.14. The number of halogens is 2. The number of nitrogens with zero attached hydrogens (tertiary/aromatic N) is 1. The SMILES string of the molecule is CC(=O)c1ccc(Nc2cncc(C(=O)Nc3c(F)cccc3F)c2)cc1. The van der Waals surface area contributed by atoms with Crippen LogP contribution in [0.15, 0.2) is 60.9 Å². The van der Waals surface area contributed by atoms with Crippen LogP contribution < -0.4 is 10.6 Å². The molecule has 0 atom stereocenters. The number of aromatic nitrogens is 1. The maximum Gasteiger partial charge on any atom is 0.257 e. The first-order valence-electron chi connectivity index (χ1n) is 8.02. The van der Waals surface area contributed by atoms with E-state index in [2.05, 4.69) is 15.6 Å². The molecule has 3 aromatic rings. The summed E-state index contributed by atoms with van der Waals surface area (Å²) < 4.78 is 27.4. The second-order valence-corrected chi connectivity index (χ2v) is 5.77. The molecular weight excluding hydrogens is 352 g/mol. The number of hydrogen-bond donors (Lipinski definition) is 2. The van der Waals surface area contributed by atoms with Crippen molar-refractivity contribution >= 4 is 28.8 Å². The number of nitrogens with one attached hydrogen (secondary N) is 2. The van der Waals surface area contributed by atoms with Gasteiger partial charge in [0, 0.05) is 17.4 Å². The average molecular weight is 367 g/mol. The van der Waals surface area contributed by atoms with E-state index >= 15 is 0 Å². The van der Waals surface area contributed by atoms with Gasteiger partial charge in [0.1, 0.15) is 17.3 Å². The first-order valence-corrected chi connectivity index (χ1v) is 8.02. The molecule has 5 nitrogen and oxygen atoms in total. The second-order valence-electron chi connectivity index (χ2n) is 5.77. The quantitative estimate of drug-likeness (QED) is 0.649. The monoisotopic (exact) mass is 367 g/mol. The van der Waals surface area contributed by atoms with E-state index in [1.165, 1.54) is 31.5 Å². The smallest absolute Gasteiger partial charge is 0.257 e. The number of pyridine rings is 1. The number of benzene rings is 2. The van der Waals surface area contributed by atoms with Crippen LogP contribution >= 0.6 is 0 Å². The summed E-state index contributed by atoms with van der Waals surface area (Å²) in [5.41, 5.74) is 1.40. The van der Waals surface area contributed by atoms with Crippen molar-refractivity contribution in [2.75, 3.05) is 10.6 Å². The number of amides is 1. The van der Waals surface area contributed by atoms with Gasteiger partial charge in [-0.3, -0.25) is 14.6 Å². The summed E-state index contributed by atoms with van der Waals surface area (Å²) in [6, 6.07) is 11.6. The third-order valence-corrected chi connectivity index (χ3v) is 3.78. The highest BCUT2D eigenvalue weighted by molar-refractivity contribution is 6.04. The van der Waals surface area contributed by atoms with Crippen LogP contribution in [0.5, 0.6) is 0 Å². The van der Waals surface area contributed by atoms with E-state index in [0.29, 0.717) is 16.9 Å². The Hall–Kier alpha value is -3.61. The summed E-state index contributed by atoms with van der Waals surface area (Å²) in [6.07, 6.45) is 2.79. The Morgan fingerprint density at radius 2 is 1.56 bits per heavy atom. The molecule has 0 radical (unpaired) electrons. The van der Waals surface area contributed by atoms with Crippen molar-refractivity contribution in [3.63, 3.8) is 0 Å². The number of rotatable bonds is 5. The number of anilines is 3. The van der Waals surface area contributed by atoms with Gasteiger partial charge in [0.2, 0.25) is 0 Å². The standard InChI is InChI=1S/C20H15F2N3O2/c1-12(26)13-5-7-15(8-6-13)24-16-9-14(10-23-11-16)20(27)25-19-17(21)3-2-4-18(19)22/h2-11,24H,1H3,(H,25,27). The second kappa shape index (κ2) is 7.74. The molecule has 2 N–H and O–H groups in total. The molecule has 0 fully saturated rings. The maximum atomic E-state index is 13.7. The Labute approximate surface area is 154 Å². The van der Waals surface area contributed by atoms with Gasteiger partial charge in [0.25, 0.3) is 5.91 Å². The summed E-state index contributed by atoms with van der Waals surface area (Å²) >= 11 is 0. The van der Waals surface area contributed by atoms with E-state index in [4.69, 9.17) is 0 Å². The van der Waals surface area contributed by atoms with Gasteiger partial charge in [-0.25, -0.2) is 8.78 Å². The van der Waals surface area contributed by atoms with E-state index in [1.807, 2.05) is 0 Å². The minimum atomic E-state index is -0.865. The van der Waals surface area contributed by atoms with E-state index in [-0.39, 0.29) is 11.3 Å². The van der Waals surface area contributed by atoms with Gasteiger partial charge in [-0.15, -0.1) is 0 Å². The summed E-state index contributed by atoms with van der Waals surface area (Å²) in [4.78, 5) is 27.6. The summed E-state index contributed by atoms with van der Waals surface area (Å²) in [5.74, 6) is -2.46. The Morgan fingerprint density at radius 1 is 0.889 bits per heavy atom. The average Bonchev–Trinajstić information content (AvgIpc) is 2.65. The van der Waals surface area contributed by atoms with E-state index in [9.17, 15) is 18.4 Å². The maximum absolute atomic E-state index is 13.7. The number of Topliss-reactive ketones (excluding diaryl/α,β-unsaturated/α-hetero) is 1. The van der Waals surface area contributed by atoms with E-state index in [0.717, 1.165) is 12.1 Å². The van der Waals surface area contributed by atoms with Crippen LogP contribution in [-0.4, -0.2) is 16.7 Å². The molecule has 3 rings (SSSR count). The van der Waals surface area contributed by atoms with E-state index < -0.39 is 23.2 Å². The molecule has 0 bridgehead atoms. The molecular formula is C20H15F2N3O2. The van der Waals surface area contributed by atoms with Crippen molar-refractivity contribution in [1.82, 2.24) is 4.98 Å². The molecule has 1 amide bonds. The van der Waals surface area contributed by atoms with Gasteiger partial charge in [-0.05, 0) is 49.4 Å². The van der Waals surface area contributed by atoms with Gasteiger partial charge >= 0.3 is 0 Å². The molecule has 0 aliphatic rings. The summed E-state index contributed by atoms with van der Waals surface area (Å²) in [6.45, 7) is 1.48. The van der Waals surface area contributed by atoms with Gasteiger partial charge in [0.05, 0.1) is 17.4 Å². The van der Waals surface area contributed by atoms with Crippen molar-refractivity contribution in [3.05, 3.63) is 83.7 Å². The number of ketones is 1. The molecule has 136 valence electrons. The lowest BCUT2D eigenvalue weighted by Crippen LogP contribution is -2.14. The predicted molar refractivity (Wildman–Crippen MR) is 98.3 cm³/mol. The van der Waals surface area contributed by atoms with Gasteiger partial charge in [-0.2, -0.15) is 0 Å². The molecule has 1 heterocycles.